The van der Waals surface area contributed by atoms with Crippen LogP contribution in [0.1, 0.15) is 40.9 Å². The highest BCUT2D eigenvalue weighted by atomic mass is 19.1. The predicted octanol–water partition coefficient (Wildman–Crippen LogP) is 4.77. The van der Waals surface area contributed by atoms with Crippen LogP contribution in [0.4, 0.5) is 10.1 Å². The predicted molar refractivity (Wildman–Crippen MR) is 109 cm³/mol. The maximum absolute atomic E-state index is 15.0. The molecule has 1 aliphatic heterocycles. The number of hydrogen-bond donors (Lipinski definition) is 1. The first-order chi connectivity index (χ1) is 13.6. The zero-order valence-electron chi connectivity index (χ0n) is 15.4. The number of benzene rings is 2. The Bertz CT molecular complexity index is 1150. The van der Waals surface area contributed by atoms with Crippen molar-refractivity contribution in [3.8, 4) is 11.1 Å². The maximum Gasteiger partial charge on any atom is 0.258 e. The maximum atomic E-state index is 15.0. The number of hydrogen-bond acceptors (Lipinski definition) is 3. The van der Waals surface area contributed by atoms with Crippen molar-refractivity contribution in [1.29, 1.82) is 0 Å². The van der Waals surface area contributed by atoms with Crippen molar-refractivity contribution < 1.29 is 9.18 Å². The van der Waals surface area contributed by atoms with Gasteiger partial charge in [0.2, 0.25) is 0 Å². The van der Waals surface area contributed by atoms with Gasteiger partial charge >= 0.3 is 0 Å². The molecule has 5 heteroatoms. The van der Waals surface area contributed by atoms with Gasteiger partial charge in [-0.05, 0) is 42.5 Å². The minimum absolute atomic E-state index is 0.0519. The summed E-state index contributed by atoms with van der Waals surface area (Å²) in [5.74, 6) is -0.419. The lowest BCUT2D eigenvalue weighted by Gasteiger charge is -2.34. The van der Waals surface area contributed by atoms with Gasteiger partial charge in [-0.25, -0.2) is 9.37 Å². The Morgan fingerprint density at radius 2 is 1.96 bits per heavy atom. The van der Waals surface area contributed by atoms with Crippen molar-refractivity contribution in [1.82, 2.24) is 9.88 Å². The minimum atomic E-state index is -0.367. The highest BCUT2D eigenvalue weighted by molar-refractivity contribution is 6.11. The van der Waals surface area contributed by atoms with Crippen LogP contribution in [-0.4, -0.2) is 21.8 Å². The summed E-state index contributed by atoms with van der Waals surface area (Å²) in [6.07, 6.45) is 4.88. The Morgan fingerprint density at radius 3 is 2.68 bits per heavy atom. The summed E-state index contributed by atoms with van der Waals surface area (Å²) >= 11 is 0. The van der Waals surface area contributed by atoms with Crippen LogP contribution in [-0.2, 0) is 6.54 Å². The standard InChI is InChI=1S/C23H20FN3O/c1-2-13-6-3-4-9-15(13)19-17(24)11-10-16-21(25)20-18(26-22(16)19)12-27(23(20)28)14-7-5-8-14/h2-4,6,9-11,14H,1,5,7-8,12H2,(H2,25,26). The zero-order valence-corrected chi connectivity index (χ0v) is 15.4. The average Bonchev–Trinajstić information content (AvgIpc) is 2.97. The molecular weight excluding hydrogens is 353 g/mol. The highest BCUT2D eigenvalue weighted by Gasteiger charge is 2.38. The lowest BCUT2D eigenvalue weighted by molar-refractivity contribution is 0.0606. The van der Waals surface area contributed by atoms with Crippen LogP contribution in [0.2, 0.25) is 0 Å². The fraction of sp³-hybridized carbons (Fsp3) is 0.217. The summed E-state index contributed by atoms with van der Waals surface area (Å²) < 4.78 is 15.0. The summed E-state index contributed by atoms with van der Waals surface area (Å²) in [6.45, 7) is 4.28. The van der Waals surface area contributed by atoms with Gasteiger partial charge in [-0.15, -0.1) is 0 Å². The van der Waals surface area contributed by atoms with E-state index in [2.05, 4.69) is 6.58 Å². The number of fused-ring (bicyclic) bond motifs is 2. The second-order valence-electron chi connectivity index (χ2n) is 7.47. The third kappa shape index (κ3) is 2.29. The molecule has 1 aromatic heterocycles. The zero-order chi connectivity index (χ0) is 19.4. The van der Waals surface area contributed by atoms with Crippen molar-refractivity contribution in [2.75, 3.05) is 5.73 Å². The fourth-order valence-corrected chi connectivity index (χ4v) is 4.26. The van der Waals surface area contributed by atoms with E-state index in [4.69, 9.17) is 10.7 Å². The van der Waals surface area contributed by atoms with Gasteiger partial charge in [-0.3, -0.25) is 4.79 Å². The molecule has 0 unspecified atom stereocenters. The molecule has 4 nitrogen and oxygen atoms in total. The van der Waals surface area contributed by atoms with Gasteiger partial charge < -0.3 is 10.6 Å². The van der Waals surface area contributed by atoms with Crippen molar-refractivity contribution in [3.05, 3.63) is 65.6 Å². The number of amides is 1. The Hall–Kier alpha value is -3.21. The molecule has 2 aliphatic rings. The third-order valence-corrected chi connectivity index (χ3v) is 5.98. The summed E-state index contributed by atoms with van der Waals surface area (Å²) in [5, 5.41) is 0.609. The Labute approximate surface area is 162 Å². The molecule has 0 bridgehead atoms. The van der Waals surface area contributed by atoms with Crippen molar-refractivity contribution in [2.45, 2.75) is 31.8 Å². The van der Waals surface area contributed by atoms with E-state index < -0.39 is 0 Å². The highest BCUT2D eigenvalue weighted by Crippen LogP contribution is 2.40. The van der Waals surface area contributed by atoms with Gasteiger partial charge in [0.25, 0.3) is 5.91 Å². The van der Waals surface area contributed by atoms with Crippen LogP contribution in [0.3, 0.4) is 0 Å². The van der Waals surface area contributed by atoms with E-state index in [0.29, 0.717) is 45.5 Å². The first-order valence-electron chi connectivity index (χ1n) is 9.53. The second-order valence-corrected chi connectivity index (χ2v) is 7.47. The molecule has 28 heavy (non-hydrogen) atoms. The number of carbonyl (C=O) groups excluding carboxylic acids is 1. The molecule has 0 saturated heterocycles. The van der Waals surface area contributed by atoms with Crippen LogP contribution < -0.4 is 5.73 Å². The van der Waals surface area contributed by atoms with E-state index in [1.807, 2.05) is 29.2 Å². The normalized spacial score (nSPS) is 16.3. The molecule has 140 valence electrons. The summed E-state index contributed by atoms with van der Waals surface area (Å²) in [4.78, 5) is 19.6. The van der Waals surface area contributed by atoms with E-state index in [-0.39, 0.29) is 17.8 Å². The molecule has 0 atom stereocenters. The topological polar surface area (TPSA) is 59.2 Å². The lowest BCUT2D eigenvalue weighted by Crippen LogP contribution is -2.40. The number of nitrogens with zero attached hydrogens (tertiary/aromatic N) is 2. The molecule has 0 spiro atoms. The van der Waals surface area contributed by atoms with E-state index in [0.717, 1.165) is 24.8 Å². The first-order valence-corrected chi connectivity index (χ1v) is 9.53. The Kier molecular flexibility index (Phi) is 3.72. The molecule has 5 rings (SSSR count). The molecule has 1 aliphatic carbocycles. The molecule has 1 amide bonds. The van der Waals surface area contributed by atoms with Crippen molar-refractivity contribution >= 4 is 28.6 Å². The molecule has 2 N–H and O–H groups in total. The van der Waals surface area contributed by atoms with E-state index >= 15 is 0 Å². The Morgan fingerprint density at radius 1 is 1.18 bits per heavy atom. The smallest absolute Gasteiger partial charge is 0.258 e. The molecule has 1 saturated carbocycles. The number of nitrogens with two attached hydrogens (primary N) is 1. The van der Waals surface area contributed by atoms with Crippen molar-refractivity contribution in [3.63, 3.8) is 0 Å². The van der Waals surface area contributed by atoms with Gasteiger partial charge in [-0.1, -0.05) is 36.9 Å². The summed E-state index contributed by atoms with van der Waals surface area (Å²) in [7, 11) is 0. The average molecular weight is 373 g/mol. The number of aromatic nitrogens is 1. The van der Waals surface area contributed by atoms with E-state index in [1.54, 1.807) is 12.1 Å². The molecular formula is C23H20FN3O. The summed E-state index contributed by atoms with van der Waals surface area (Å²) in [5.41, 5.74) is 10.4. The first kappa shape index (κ1) is 16.9. The third-order valence-electron chi connectivity index (χ3n) is 5.98. The van der Waals surface area contributed by atoms with Crippen LogP contribution >= 0.6 is 0 Å². The lowest BCUT2D eigenvalue weighted by atomic mass is 9.92. The van der Waals surface area contributed by atoms with Gasteiger partial charge in [0.05, 0.1) is 29.0 Å². The Balaban J connectivity index is 1.76. The number of rotatable bonds is 3. The van der Waals surface area contributed by atoms with Gasteiger partial charge in [0, 0.05) is 17.0 Å². The van der Waals surface area contributed by atoms with E-state index in [9.17, 15) is 9.18 Å². The number of halogens is 1. The van der Waals surface area contributed by atoms with Gasteiger partial charge in [0.15, 0.2) is 0 Å². The minimum Gasteiger partial charge on any atom is -0.397 e. The van der Waals surface area contributed by atoms with E-state index in [1.165, 1.54) is 6.07 Å². The molecule has 2 aromatic carbocycles. The number of pyridine rings is 1. The molecule has 3 aromatic rings. The molecule has 0 radical (unpaired) electrons. The fourth-order valence-electron chi connectivity index (χ4n) is 4.26. The van der Waals surface area contributed by atoms with Gasteiger partial charge in [-0.2, -0.15) is 0 Å². The van der Waals surface area contributed by atoms with Crippen LogP contribution in [0.25, 0.3) is 28.1 Å². The second kappa shape index (κ2) is 6.16. The monoisotopic (exact) mass is 373 g/mol. The quantitative estimate of drug-likeness (QED) is 0.719. The summed E-state index contributed by atoms with van der Waals surface area (Å²) in [6, 6.07) is 10.8. The van der Waals surface area contributed by atoms with Gasteiger partial charge in [0.1, 0.15) is 5.82 Å². The number of nitrogen functional groups attached to an aromatic ring is 1. The molecule has 1 fully saturated rings. The number of carbonyl (C=O) groups is 1. The van der Waals surface area contributed by atoms with Crippen molar-refractivity contribution in [2.24, 2.45) is 0 Å². The SMILES string of the molecule is C=Cc1ccccc1-c1c(F)ccc2c(N)c3c(nc12)CN(C1CCC1)C3=O. The number of anilines is 1. The van der Waals surface area contributed by atoms with Crippen LogP contribution in [0.15, 0.2) is 43.0 Å². The van der Waals surface area contributed by atoms with Crippen LogP contribution in [0.5, 0.6) is 0 Å². The van der Waals surface area contributed by atoms with Crippen LogP contribution in [0, 0.1) is 5.82 Å². The largest absolute Gasteiger partial charge is 0.397 e. The molecule has 2 heterocycles.